The van der Waals surface area contributed by atoms with Crippen LogP contribution in [0.4, 0.5) is 5.69 Å². The van der Waals surface area contributed by atoms with Crippen LogP contribution < -0.4 is 10.1 Å². The number of anilines is 1. The van der Waals surface area contributed by atoms with E-state index in [1.54, 1.807) is 11.8 Å². The Bertz CT molecular complexity index is 628. The van der Waals surface area contributed by atoms with E-state index in [1.165, 1.54) is 5.56 Å². The molecule has 1 amide bonds. The van der Waals surface area contributed by atoms with Gasteiger partial charge < -0.3 is 10.1 Å². The van der Waals surface area contributed by atoms with Gasteiger partial charge in [-0.1, -0.05) is 36.4 Å². The van der Waals surface area contributed by atoms with Gasteiger partial charge in [0, 0.05) is 17.5 Å². The third kappa shape index (κ3) is 5.99. The van der Waals surface area contributed by atoms with Crippen LogP contribution in [0.3, 0.4) is 0 Å². The highest BCUT2D eigenvalue weighted by Gasteiger charge is 2.14. The Morgan fingerprint density at radius 1 is 1.09 bits per heavy atom. The summed E-state index contributed by atoms with van der Waals surface area (Å²) in [6.07, 6.45) is 0.112. The number of thioether (sulfide) groups is 1. The summed E-state index contributed by atoms with van der Waals surface area (Å²) in [5.74, 6) is 1.60. The monoisotopic (exact) mass is 329 g/mol. The standard InChI is InChI=1S/C19H23NO2S/c1-14(2)22-18-11-7-10-17(12-18)20-19(21)15(3)23-13-16-8-5-4-6-9-16/h4-12,14-15H,13H2,1-3H3,(H,20,21)/t15-/m0/s1. The van der Waals surface area contributed by atoms with Gasteiger partial charge in [0.15, 0.2) is 0 Å². The van der Waals surface area contributed by atoms with Crippen LogP contribution in [0.25, 0.3) is 0 Å². The van der Waals surface area contributed by atoms with Crippen LogP contribution in [0.15, 0.2) is 54.6 Å². The average molecular weight is 329 g/mol. The van der Waals surface area contributed by atoms with Gasteiger partial charge in [-0.05, 0) is 38.5 Å². The first-order chi connectivity index (χ1) is 11.0. The smallest absolute Gasteiger partial charge is 0.237 e. The van der Waals surface area contributed by atoms with Crippen molar-refractivity contribution in [3.05, 3.63) is 60.2 Å². The van der Waals surface area contributed by atoms with Gasteiger partial charge >= 0.3 is 0 Å². The van der Waals surface area contributed by atoms with Gasteiger partial charge in [0.05, 0.1) is 11.4 Å². The van der Waals surface area contributed by atoms with Crippen molar-refractivity contribution in [3.8, 4) is 5.75 Å². The molecule has 0 bridgehead atoms. The van der Waals surface area contributed by atoms with Crippen LogP contribution in [0.5, 0.6) is 5.75 Å². The zero-order valence-corrected chi connectivity index (χ0v) is 14.6. The Kier molecular flexibility index (Phi) is 6.53. The molecule has 2 aromatic carbocycles. The van der Waals surface area contributed by atoms with Gasteiger partial charge in [0.25, 0.3) is 0 Å². The minimum Gasteiger partial charge on any atom is -0.491 e. The molecule has 122 valence electrons. The lowest BCUT2D eigenvalue weighted by Gasteiger charge is -2.14. The van der Waals surface area contributed by atoms with Gasteiger partial charge in [-0.15, -0.1) is 11.8 Å². The predicted octanol–water partition coefficient (Wildman–Crippen LogP) is 4.73. The van der Waals surface area contributed by atoms with E-state index in [0.29, 0.717) is 0 Å². The maximum absolute atomic E-state index is 12.3. The molecular weight excluding hydrogens is 306 g/mol. The zero-order chi connectivity index (χ0) is 16.7. The molecule has 0 unspecified atom stereocenters. The summed E-state index contributed by atoms with van der Waals surface area (Å²) in [6.45, 7) is 5.89. The fraction of sp³-hybridized carbons (Fsp3) is 0.316. The van der Waals surface area contributed by atoms with Crippen molar-refractivity contribution in [2.75, 3.05) is 5.32 Å². The van der Waals surface area contributed by atoms with Gasteiger partial charge in [-0.3, -0.25) is 4.79 Å². The number of nitrogens with one attached hydrogen (secondary N) is 1. The molecule has 3 nitrogen and oxygen atoms in total. The Morgan fingerprint density at radius 3 is 2.52 bits per heavy atom. The summed E-state index contributed by atoms with van der Waals surface area (Å²) in [5, 5.41) is 2.83. The first-order valence-electron chi connectivity index (χ1n) is 7.77. The molecule has 0 spiro atoms. The average Bonchev–Trinajstić information content (AvgIpc) is 2.53. The molecule has 4 heteroatoms. The molecule has 23 heavy (non-hydrogen) atoms. The molecule has 1 N–H and O–H groups in total. The second kappa shape index (κ2) is 8.63. The van der Waals surface area contributed by atoms with Crippen molar-refractivity contribution in [2.24, 2.45) is 0 Å². The summed E-state index contributed by atoms with van der Waals surface area (Å²) < 4.78 is 5.65. The SMILES string of the molecule is CC(C)Oc1cccc(NC(=O)[C@H](C)SCc2ccccc2)c1. The molecule has 0 fully saturated rings. The van der Waals surface area contributed by atoms with E-state index in [2.05, 4.69) is 17.4 Å². The number of rotatable bonds is 7. The summed E-state index contributed by atoms with van der Waals surface area (Å²) in [5.41, 5.74) is 1.99. The number of carbonyl (C=O) groups is 1. The highest BCUT2D eigenvalue weighted by atomic mass is 32.2. The number of hydrogen-bond donors (Lipinski definition) is 1. The highest BCUT2D eigenvalue weighted by Crippen LogP contribution is 2.22. The first kappa shape index (κ1) is 17.4. The number of hydrogen-bond acceptors (Lipinski definition) is 3. The maximum atomic E-state index is 12.3. The largest absolute Gasteiger partial charge is 0.491 e. The van der Waals surface area contributed by atoms with Crippen LogP contribution in [0.1, 0.15) is 26.3 Å². The lowest BCUT2D eigenvalue weighted by molar-refractivity contribution is -0.115. The first-order valence-corrected chi connectivity index (χ1v) is 8.82. The number of carbonyl (C=O) groups excluding carboxylic acids is 1. The van der Waals surface area contributed by atoms with Crippen molar-refractivity contribution in [2.45, 2.75) is 37.9 Å². The quantitative estimate of drug-likeness (QED) is 0.798. The van der Waals surface area contributed by atoms with E-state index in [4.69, 9.17) is 4.74 Å². The Labute approximate surface area is 142 Å². The van der Waals surface area contributed by atoms with E-state index in [0.717, 1.165) is 17.2 Å². The second-order valence-electron chi connectivity index (χ2n) is 5.62. The normalized spacial score (nSPS) is 12.0. The van der Waals surface area contributed by atoms with Crippen LogP contribution in [0.2, 0.25) is 0 Å². The van der Waals surface area contributed by atoms with Gasteiger partial charge in [0.2, 0.25) is 5.91 Å². The van der Waals surface area contributed by atoms with Crippen molar-refractivity contribution < 1.29 is 9.53 Å². The summed E-state index contributed by atoms with van der Waals surface area (Å²) in [6, 6.07) is 17.7. The highest BCUT2D eigenvalue weighted by molar-refractivity contribution is 7.99. The minimum atomic E-state index is -0.120. The maximum Gasteiger partial charge on any atom is 0.237 e. The lowest BCUT2D eigenvalue weighted by atomic mass is 10.2. The second-order valence-corrected chi connectivity index (χ2v) is 6.95. The Morgan fingerprint density at radius 2 is 1.83 bits per heavy atom. The molecular formula is C19H23NO2S. The van der Waals surface area contributed by atoms with E-state index in [1.807, 2.05) is 63.2 Å². The van der Waals surface area contributed by atoms with Gasteiger partial charge in [-0.2, -0.15) is 0 Å². The van der Waals surface area contributed by atoms with E-state index in [-0.39, 0.29) is 17.3 Å². The van der Waals surface area contributed by atoms with Crippen molar-refractivity contribution in [3.63, 3.8) is 0 Å². The summed E-state index contributed by atoms with van der Waals surface area (Å²) >= 11 is 1.63. The number of amides is 1. The van der Waals surface area contributed by atoms with Gasteiger partial charge in [-0.25, -0.2) is 0 Å². The Balaban J connectivity index is 1.88. The van der Waals surface area contributed by atoms with Gasteiger partial charge in [0.1, 0.15) is 5.75 Å². The van der Waals surface area contributed by atoms with Crippen molar-refractivity contribution in [1.29, 1.82) is 0 Å². The zero-order valence-electron chi connectivity index (χ0n) is 13.8. The fourth-order valence-electron chi connectivity index (χ4n) is 2.03. The van der Waals surface area contributed by atoms with Crippen molar-refractivity contribution >= 4 is 23.4 Å². The molecule has 2 rings (SSSR count). The van der Waals surface area contributed by atoms with Crippen LogP contribution >= 0.6 is 11.8 Å². The van der Waals surface area contributed by atoms with E-state index >= 15 is 0 Å². The summed E-state index contributed by atoms with van der Waals surface area (Å²) in [7, 11) is 0. The third-order valence-corrected chi connectivity index (χ3v) is 4.40. The van der Waals surface area contributed by atoms with E-state index < -0.39 is 0 Å². The molecule has 0 aromatic heterocycles. The predicted molar refractivity (Wildman–Crippen MR) is 98.0 cm³/mol. The number of benzene rings is 2. The minimum absolute atomic E-state index is 0.00706. The molecule has 0 heterocycles. The van der Waals surface area contributed by atoms with Crippen molar-refractivity contribution in [1.82, 2.24) is 0 Å². The summed E-state index contributed by atoms with van der Waals surface area (Å²) in [4.78, 5) is 12.3. The molecule has 0 aliphatic heterocycles. The van der Waals surface area contributed by atoms with E-state index in [9.17, 15) is 4.79 Å². The molecule has 0 aliphatic carbocycles. The lowest BCUT2D eigenvalue weighted by Crippen LogP contribution is -2.22. The number of ether oxygens (including phenoxy) is 1. The molecule has 2 aromatic rings. The molecule has 0 aliphatic rings. The molecule has 0 saturated carbocycles. The molecule has 0 radical (unpaired) electrons. The fourth-order valence-corrected chi connectivity index (χ4v) is 2.88. The Hall–Kier alpha value is -1.94. The topological polar surface area (TPSA) is 38.3 Å². The molecule has 0 saturated heterocycles. The van der Waals surface area contributed by atoms with Crippen LogP contribution in [0, 0.1) is 0 Å². The molecule has 1 atom stereocenters. The van der Waals surface area contributed by atoms with Crippen LogP contribution in [-0.4, -0.2) is 17.3 Å². The van der Waals surface area contributed by atoms with Crippen LogP contribution in [-0.2, 0) is 10.5 Å². The third-order valence-electron chi connectivity index (χ3n) is 3.19.